The van der Waals surface area contributed by atoms with Crippen LogP contribution in [0.25, 0.3) is 11.4 Å². The SMILES string of the molecule is c1ccc(-c2n[nH]c(C3CNCc4ccccc43)n2)cc1. The van der Waals surface area contributed by atoms with E-state index < -0.39 is 0 Å². The minimum atomic E-state index is 0.236. The van der Waals surface area contributed by atoms with Crippen molar-refractivity contribution in [3.05, 3.63) is 71.5 Å². The van der Waals surface area contributed by atoms with E-state index in [4.69, 9.17) is 4.98 Å². The van der Waals surface area contributed by atoms with Crippen molar-refractivity contribution in [3.63, 3.8) is 0 Å². The molecule has 1 aliphatic rings. The number of H-pyrrole nitrogens is 1. The summed E-state index contributed by atoms with van der Waals surface area (Å²) in [5.74, 6) is 1.92. The maximum Gasteiger partial charge on any atom is 0.181 e. The van der Waals surface area contributed by atoms with Crippen molar-refractivity contribution < 1.29 is 0 Å². The van der Waals surface area contributed by atoms with Crippen LogP contribution in [0.1, 0.15) is 22.9 Å². The van der Waals surface area contributed by atoms with Crippen LogP contribution >= 0.6 is 0 Å². The predicted molar refractivity (Wildman–Crippen MR) is 81.8 cm³/mol. The Morgan fingerprint density at radius 2 is 1.76 bits per heavy atom. The van der Waals surface area contributed by atoms with Crippen LogP contribution in [0, 0.1) is 0 Å². The molecule has 0 saturated heterocycles. The maximum absolute atomic E-state index is 4.70. The van der Waals surface area contributed by atoms with E-state index in [1.54, 1.807) is 0 Å². The molecular formula is C17H16N4. The highest BCUT2D eigenvalue weighted by Crippen LogP contribution is 2.28. The molecule has 0 fully saturated rings. The number of hydrogen-bond acceptors (Lipinski definition) is 3. The standard InChI is InChI=1S/C17H16N4/c1-2-6-12(7-3-1)16-19-17(21-20-16)15-11-18-10-13-8-4-5-9-14(13)15/h1-9,15,18H,10-11H2,(H,19,20,21). The maximum atomic E-state index is 4.70. The molecular weight excluding hydrogens is 260 g/mol. The number of benzene rings is 2. The molecule has 4 heteroatoms. The number of nitrogens with zero attached hydrogens (tertiary/aromatic N) is 2. The van der Waals surface area contributed by atoms with E-state index in [0.29, 0.717) is 0 Å². The fourth-order valence-corrected chi connectivity index (χ4v) is 2.89. The first-order chi connectivity index (χ1) is 10.4. The number of aromatic amines is 1. The van der Waals surface area contributed by atoms with E-state index in [0.717, 1.165) is 30.3 Å². The molecule has 1 aliphatic heterocycles. The van der Waals surface area contributed by atoms with Gasteiger partial charge >= 0.3 is 0 Å². The van der Waals surface area contributed by atoms with Gasteiger partial charge in [-0.25, -0.2) is 4.98 Å². The van der Waals surface area contributed by atoms with Gasteiger partial charge in [0, 0.05) is 18.7 Å². The Labute approximate surface area is 123 Å². The number of aromatic nitrogens is 3. The normalized spacial score (nSPS) is 17.4. The Hall–Kier alpha value is -2.46. The van der Waals surface area contributed by atoms with Crippen LogP contribution in [-0.4, -0.2) is 21.7 Å². The molecule has 1 unspecified atom stereocenters. The van der Waals surface area contributed by atoms with Crippen LogP contribution in [-0.2, 0) is 6.54 Å². The first-order valence-electron chi connectivity index (χ1n) is 7.18. The van der Waals surface area contributed by atoms with Crippen LogP contribution in [0.4, 0.5) is 0 Å². The second-order valence-corrected chi connectivity index (χ2v) is 5.29. The third-order valence-corrected chi connectivity index (χ3v) is 3.96. The van der Waals surface area contributed by atoms with E-state index in [1.807, 2.05) is 30.3 Å². The predicted octanol–water partition coefficient (Wildman–Crippen LogP) is 2.71. The summed E-state index contributed by atoms with van der Waals surface area (Å²) in [6.45, 7) is 1.81. The van der Waals surface area contributed by atoms with Crippen LogP contribution < -0.4 is 5.32 Å². The van der Waals surface area contributed by atoms with Crippen molar-refractivity contribution in [3.8, 4) is 11.4 Å². The summed E-state index contributed by atoms with van der Waals surface area (Å²) in [5.41, 5.74) is 3.72. The summed E-state index contributed by atoms with van der Waals surface area (Å²) in [6.07, 6.45) is 0. The Bertz CT molecular complexity index is 748. The van der Waals surface area contributed by atoms with Gasteiger partial charge in [-0.2, -0.15) is 5.10 Å². The van der Waals surface area contributed by atoms with Crippen molar-refractivity contribution in [1.29, 1.82) is 0 Å². The summed E-state index contributed by atoms with van der Waals surface area (Å²) in [7, 11) is 0. The van der Waals surface area contributed by atoms with Crippen LogP contribution in [0.2, 0.25) is 0 Å². The largest absolute Gasteiger partial charge is 0.312 e. The fourth-order valence-electron chi connectivity index (χ4n) is 2.89. The van der Waals surface area contributed by atoms with Gasteiger partial charge in [-0.05, 0) is 11.1 Å². The molecule has 21 heavy (non-hydrogen) atoms. The van der Waals surface area contributed by atoms with Crippen molar-refractivity contribution in [2.45, 2.75) is 12.5 Å². The van der Waals surface area contributed by atoms with E-state index in [2.05, 4.69) is 39.8 Å². The van der Waals surface area contributed by atoms with Crippen molar-refractivity contribution in [2.24, 2.45) is 0 Å². The van der Waals surface area contributed by atoms with E-state index in [1.165, 1.54) is 11.1 Å². The molecule has 2 aromatic carbocycles. The number of hydrogen-bond donors (Lipinski definition) is 2. The summed E-state index contributed by atoms with van der Waals surface area (Å²) in [6, 6.07) is 18.6. The lowest BCUT2D eigenvalue weighted by Crippen LogP contribution is -2.29. The van der Waals surface area contributed by atoms with Gasteiger partial charge in [0.25, 0.3) is 0 Å². The second kappa shape index (κ2) is 5.14. The summed E-state index contributed by atoms with van der Waals surface area (Å²) >= 11 is 0. The molecule has 104 valence electrons. The molecule has 1 aromatic heterocycles. The lowest BCUT2D eigenvalue weighted by Gasteiger charge is -2.24. The molecule has 3 aromatic rings. The lowest BCUT2D eigenvalue weighted by atomic mass is 9.90. The zero-order valence-electron chi connectivity index (χ0n) is 11.6. The zero-order valence-corrected chi connectivity index (χ0v) is 11.6. The molecule has 0 saturated carbocycles. The van der Waals surface area contributed by atoms with Gasteiger partial charge in [-0.15, -0.1) is 0 Å². The molecule has 0 spiro atoms. The molecule has 2 N–H and O–H groups in total. The number of fused-ring (bicyclic) bond motifs is 1. The average molecular weight is 276 g/mol. The second-order valence-electron chi connectivity index (χ2n) is 5.29. The topological polar surface area (TPSA) is 53.6 Å². The monoisotopic (exact) mass is 276 g/mol. The minimum absolute atomic E-state index is 0.236. The average Bonchev–Trinajstić information content (AvgIpc) is 3.05. The van der Waals surface area contributed by atoms with E-state index >= 15 is 0 Å². The van der Waals surface area contributed by atoms with Crippen LogP contribution in [0.15, 0.2) is 54.6 Å². The van der Waals surface area contributed by atoms with Crippen LogP contribution in [0.5, 0.6) is 0 Å². The summed E-state index contributed by atoms with van der Waals surface area (Å²) < 4.78 is 0. The Morgan fingerprint density at radius 3 is 2.67 bits per heavy atom. The Kier molecular flexibility index (Phi) is 3.01. The minimum Gasteiger partial charge on any atom is -0.312 e. The van der Waals surface area contributed by atoms with Gasteiger partial charge in [-0.3, -0.25) is 5.10 Å². The van der Waals surface area contributed by atoms with Crippen molar-refractivity contribution in [2.75, 3.05) is 6.54 Å². The zero-order chi connectivity index (χ0) is 14.1. The molecule has 4 rings (SSSR count). The molecule has 0 amide bonds. The third-order valence-electron chi connectivity index (χ3n) is 3.96. The van der Waals surface area contributed by atoms with Gasteiger partial charge in [-0.1, -0.05) is 54.6 Å². The van der Waals surface area contributed by atoms with E-state index in [9.17, 15) is 0 Å². The van der Waals surface area contributed by atoms with E-state index in [-0.39, 0.29) is 5.92 Å². The van der Waals surface area contributed by atoms with Gasteiger partial charge in [0.2, 0.25) is 0 Å². The van der Waals surface area contributed by atoms with Crippen molar-refractivity contribution in [1.82, 2.24) is 20.5 Å². The highest BCUT2D eigenvalue weighted by atomic mass is 15.2. The first-order valence-corrected chi connectivity index (χ1v) is 7.18. The smallest absolute Gasteiger partial charge is 0.181 e. The van der Waals surface area contributed by atoms with Gasteiger partial charge < -0.3 is 5.32 Å². The highest BCUT2D eigenvalue weighted by Gasteiger charge is 2.24. The quantitative estimate of drug-likeness (QED) is 0.756. The third kappa shape index (κ3) is 2.23. The summed E-state index contributed by atoms with van der Waals surface area (Å²) in [4.78, 5) is 4.70. The van der Waals surface area contributed by atoms with Crippen molar-refractivity contribution >= 4 is 0 Å². The number of rotatable bonds is 2. The fraction of sp³-hybridized carbons (Fsp3) is 0.176. The molecule has 0 radical (unpaired) electrons. The Morgan fingerprint density at radius 1 is 0.952 bits per heavy atom. The highest BCUT2D eigenvalue weighted by molar-refractivity contribution is 5.54. The van der Waals surface area contributed by atoms with Gasteiger partial charge in [0.15, 0.2) is 5.82 Å². The molecule has 0 aliphatic carbocycles. The molecule has 2 heterocycles. The number of nitrogens with one attached hydrogen (secondary N) is 2. The van der Waals surface area contributed by atoms with Crippen LogP contribution in [0.3, 0.4) is 0 Å². The molecule has 4 nitrogen and oxygen atoms in total. The first kappa shape index (κ1) is 12.3. The van der Waals surface area contributed by atoms with Gasteiger partial charge in [0.05, 0.1) is 5.92 Å². The molecule has 1 atom stereocenters. The van der Waals surface area contributed by atoms with Gasteiger partial charge in [0.1, 0.15) is 5.82 Å². The summed E-state index contributed by atoms with van der Waals surface area (Å²) in [5, 5.41) is 10.9. The lowest BCUT2D eigenvalue weighted by molar-refractivity contribution is 0.573. The Balaban J connectivity index is 1.71. The molecule has 0 bridgehead atoms.